The van der Waals surface area contributed by atoms with Gasteiger partial charge in [0, 0.05) is 5.57 Å². The maximum atomic E-state index is 13.2. The van der Waals surface area contributed by atoms with Gasteiger partial charge in [0.25, 0.3) is 0 Å². The molecule has 30 heavy (non-hydrogen) atoms. The quantitative estimate of drug-likeness (QED) is 0.642. The van der Waals surface area contributed by atoms with Crippen molar-refractivity contribution in [2.24, 2.45) is 5.92 Å². The molecule has 0 saturated heterocycles. The zero-order valence-electron chi connectivity index (χ0n) is 17.1. The Morgan fingerprint density at radius 2 is 1.53 bits per heavy atom. The van der Waals surface area contributed by atoms with Crippen LogP contribution in [-0.2, 0) is 16.0 Å². The van der Waals surface area contributed by atoms with E-state index in [-0.39, 0.29) is 17.1 Å². The second-order valence-electron chi connectivity index (χ2n) is 6.44. The number of rotatable bonds is 7. The van der Waals surface area contributed by atoms with E-state index in [4.69, 9.17) is 19.7 Å². The fourth-order valence-corrected chi connectivity index (χ4v) is 2.36. The minimum Gasteiger partial charge on any atom is -0.494 e. The maximum absolute atomic E-state index is 13.2. The molecule has 0 saturated carbocycles. The zero-order chi connectivity index (χ0) is 22.8. The van der Waals surface area contributed by atoms with Gasteiger partial charge in [-0.15, -0.1) is 0 Å². The van der Waals surface area contributed by atoms with Crippen LogP contribution in [0.4, 0.5) is 8.78 Å². The van der Waals surface area contributed by atoms with E-state index in [0.29, 0.717) is 17.5 Å². The number of ether oxygens (including phenoxy) is 2. The van der Waals surface area contributed by atoms with Crippen molar-refractivity contribution in [1.29, 1.82) is 0 Å². The molecule has 0 aliphatic carbocycles. The van der Waals surface area contributed by atoms with Gasteiger partial charge in [-0.25, -0.2) is 13.6 Å². The molecular weight excluding hydrogens is 398 g/mol. The summed E-state index contributed by atoms with van der Waals surface area (Å²) in [6.07, 6.45) is 1.71. The van der Waals surface area contributed by atoms with Gasteiger partial charge in [-0.2, -0.15) is 0 Å². The summed E-state index contributed by atoms with van der Waals surface area (Å²) in [6.45, 7) is 3.04. The van der Waals surface area contributed by atoms with Crippen LogP contribution in [0.2, 0.25) is 0 Å². The Bertz CT molecular complexity index is 924. The van der Waals surface area contributed by atoms with Crippen LogP contribution in [0.15, 0.2) is 42.0 Å². The van der Waals surface area contributed by atoms with Crippen molar-refractivity contribution in [3.63, 3.8) is 0 Å². The van der Waals surface area contributed by atoms with Crippen molar-refractivity contribution in [3.05, 3.63) is 64.7 Å². The number of hydrogen-bond acceptors (Lipinski definition) is 4. The van der Waals surface area contributed by atoms with E-state index >= 15 is 0 Å². The summed E-state index contributed by atoms with van der Waals surface area (Å²) in [5, 5.41) is 17.3. The first kappa shape index (κ1) is 24.6. The Hall–Kier alpha value is -3.42. The molecule has 0 radical (unpaired) electrons. The lowest BCUT2D eigenvalue weighted by molar-refractivity contribution is -0.141. The van der Waals surface area contributed by atoms with E-state index < -0.39 is 29.5 Å². The van der Waals surface area contributed by atoms with Crippen molar-refractivity contribution in [2.45, 2.75) is 20.3 Å². The standard InChI is InChI=1S/C11H13FO3.C11H11FO3/c2*1-7(11(13)14)5-8-3-4-10(15-2)9(12)6-8/h3-4,6-7H,5H2,1-2H3,(H,13,14);3-6H,1-2H3,(H,13,14). The zero-order valence-corrected chi connectivity index (χ0v) is 17.1. The van der Waals surface area contributed by atoms with E-state index in [1.165, 1.54) is 51.5 Å². The molecule has 0 bridgehead atoms. The van der Waals surface area contributed by atoms with Crippen molar-refractivity contribution >= 4 is 18.0 Å². The van der Waals surface area contributed by atoms with Crippen LogP contribution in [0.5, 0.6) is 11.5 Å². The summed E-state index contributed by atoms with van der Waals surface area (Å²) in [5.74, 6) is -3.09. The van der Waals surface area contributed by atoms with Crippen LogP contribution >= 0.6 is 0 Å². The number of carbonyl (C=O) groups is 2. The summed E-state index contributed by atoms with van der Waals surface area (Å²) in [7, 11) is 2.76. The minimum atomic E-state index is -1.02. The fourth-order valence-electron chi connectivity index (χ4n) is 2.36. The summed E-state index contributed by atoms with van der Waals surface area (Å²) in [4.78, 5) is 21.1. The van der Waals surface area contributed by atoms with Gasteiger partial charge >= 0.3 is 11.9 Å². The second-order valence-corrected chi connectivity index (χ2v) is 6.44. The highest BCUT2D eigenvalue weighted by Crippen LogP contribution is 2.20. The Morgan fingerprint density at radius 1 is 1.00 bits per heavy atom. The lowest BCUT2D eigenvalue weighted by Crippen LogP contribution is -2.12. The topological polar surface area (TPSA) is 93.1 Å². The van der Waals surface area contributed by atoms with Gasteiger partial charge in [-0.3, -0.25) is 4.79 Å². The number of carboxylic acids is 2. The van der Waals surface area contributed by atoms with Gasteiger partial charge in [0.15, 0.2) is 23.1 Å². The molecule has 6 nitrogen and oxygen atoms in total. The maximum Gasteiger partial charge on any atom is 0.331 e. The van der Waals surface area contributed by atoms with Gasteiger partial charge < -0.3 is 19.7 Å². The van der Waals surface area contributed by atoms with Crippen LogP contribution in [0.1, 0.15) is 25.0 Å². The highest BCUT2D eigenvalue weighted by atomic mass is 19.1. The van der Waals surface area contributed by atoms with Crippen LogP contribution in [0.25, 0.3) is 6.08 Å². The Kier molecular flexibility index (Phi) is 9.48. The SMILES string of the molecule is COc1ccc(C=C(C)C(=O)O)cc1F.COc1ccc(CC(C)C(=O)O)cc1F. The molecule has 2 aromatic rings. The Balaban J connectivity index is 0.000000300. The van der Waals surface area contributed by atoms with Crippen molar-refractivity contribution in [3.8, 4) is 11.5 Å². The van der Waals surface area contributed by atoms with E-state index in [9.17, 15) is 18.4 Å². The lowest BCUT2D eigenvalue weighted by Gasteiger charge is -2.07. The van der Waals surface area contributed by atoms with Gasteiger partial charge in [0.2, 0.25) is 0 Å². The second kappa shape index (κ2) is 11.5. The molecule has 0 heterocycles. The molecule has 2 N–H and O–H groups in total. The van der Waals surface area contributed by atoms with Gasteiger partial charge in [-0.05, 0) is 54.8 Å². The molecule has 0 fully saturated rings. The largest absolute Gasteiger partial charge is 0.494 e. The molecular formula is C22H24F2O6. The van der Waals surface area contributed by atoms with Crippen LogP contribution in [0, 0.1) is 17.6 Å². The van der Waals surface area contributed by atoms with Crippen LogP contribution in [0.3, 0.4) is 0 Å². The number of hydrogen-bond donors (Lipinski definition) is 2. The normalized spacial score (nSPS) is 11.7. The minimum absolute atomic E-state index is 0.139. The van der Waals surface area contributed by atoms with Crippen LogP contribution < -0.4 is 9.47 Å². The predicted molar refractivity (Wildman–Crippen MR) is 108 cm³/mol. The number of aliphatic carboxylic acids is 2. The van der Waals surface area contributed by atoms with E-state index in [0.717, 1.165) is 0 Å². The van der Waals surface area contributed by atoms with E-state index in [2.05, 4.69) is 0 Å². The molecule has 0 amide bonds. The highest BCUT2D eigenvalue weighted by Gasteiger charge is 2.13. The first-order valence-corrected chi connectivity index (χ1v) is 8.89. The molecule has 0 aliphatic rings. The average molecular weight is 422 g/mol. The smallest absolute Gasteiger partial charge is 0.331 e. The molecule has 0 spiro atoms. The molecule has 2 rings (SSSR count). The summed E-state index contributed by atoms with van der Waals surface area (Å²) < 4.78 is 35.9. The Morgan fingerprint density at radius 3 is 1.97 bits per heavy atom. The molecule has 1 unspecified atom stereocenters. The van der Waals surface area contributed by atoms with Gasteiger partial charge in [0.1, 0.15) is 0 Å². The van der Waals surface area contributed by atoms with Crippen molar-refractivity contribution < 1.29 is 38.1 Å². The fraction of sp³-hybridized carbons (Fsp3) is 0.273. The molecule has 2 aromatic carbocycles. The third-order valence-electron chi connectivity index (χ3n) is 4.08. The van der Waals surface area contributed by atoms with Crippen molar-refractivity contribution in [1.82, 2.24) is 0 Å². The van der Waals surface area contributed by atoms with E-state index in [1.54, 1.807) is 19.1 Å². The number of benzene rings is 2. The molecule has 8 heteroatoms. The van der Waals surface area contributed by atoms with Crippen molar-refractivity contribution in [2.75, 3.05) is 14.2 Å². The van der Waals surface area contributed by atoms with Crippen LogP contribution in [-0.4, -0.2) is 36.4 Å². The third-order valence-corrected chi connectivity index (χ3v) is 4.08. The van der Waals surface area contributed by atoms with E-state index in [1.807, 2.05) is 0 Å². The van der Waals surface area contributed by atoms with Gasteiger partial charge in [-0.1, -0.05) is 19.1 Å². The third kappa shape index (κ3) is 7.54. The average Bonchev–Trinajstić information content (AvgIpc) is 2.68. The molecule has 1 atom stereocenters. The lowest BCUT2D eigenvalue weighted by atomic mass is 10.0. The first-order chi connectivity index (χ1) is 14.1. The summed E-state index contributed by atoms with van der Waals surface area (Å²) in [6, 6.07) is 8.74. The monoisotopic (exact) mass is 422 g/mol. The predicted octanol–water partition coefficient (Wildman–Crippen LogP) is 4.42. The highest BCUT2D eigenvalue weighted by molar-refractivity contribution is 5.91. The summed E-state index contributed by atoms with van der Waals surface area (Å²) >= 11 is 0. The Labute approximate surface area is 173 Å². The number of methoxy groups -OCH3 is 2. The van der Waals surface area contributed by atoms with Gasteiger partial charge in [0.05, 0.1) is 20.1 Å². The molecule has 0 aromatic heterocycles. The molecule has 162 valence electrons. The first-order valence-electron chi connectivity index (χ1n) is 8.89. The molecule has 0 aliphatic heterocycles. The summed E-state index contributed by atoms with van der Waals surface area (Å²) in [5.41, 5.74) is 1.30. The number of carboxylic acid groups (broad SMARTS) is 2. The number of halogens is 2.